The minimum absolute atomic E-state index is 0.357. The van der Waals surface area contributed by atoms with Gasteiger partial charge in [-0.3, -0.25) is 0 Å². The Morgan fingerprint density at radius 2 is 2.29 bits per heavy atom. The number of hydrogen-bond donors (Lipinski definition) is 1. The Morgan fingerprint density at radius 1 is 1.41 bits per heavy atom. The van der Waals surface area contributed by atoms with Crippen LogP contribution in [0.2, 0.25) is 0 Å². The average molecular weight is 235 g/mol. The van der Waals surface area contributed by atoms with Gasteiger partial charge in [-0.15, -0.1) is 0 Å². The van der Waals surface area contributed by atoms with E-state index in [9.17, 15) is 0 Å². The average Bonchev–Trinajstić information content (AvgIpc) is 2.74. The van der Waals surface area contributed by atoms with Crippen LogP contribution < -0.4 is 5.32 Å². The fourth-order valence-electron chi connectivity index (χ4n) is 2.20. The second-order valence-electron chi connectivity index (χ2n) is 4.66. The summed E-state index contributed by atoms with van der Waals surface area (Å²) in [6.45, 7) is 3.69. The third kappa shape index (κ3) is 3.72. The molecule has 0 saturated carbocycles. The van der Waals surface area contributed by atoms with Crippen molar-refractivity contribution in [3.8, 4) is 0 Å². The second-order valence-corrected chi connectivity index (χ2v) is 4.66. The van der Waals surface area contributed by atoms with E-state index >= 15 is 0 Å². The van der Waals surface area contributed by atoms with Gasteiger partial charge in [0.15, 0.2) is 0 Å². The summed E-state index contributed by atoms with van der Waals surface area (Å²) < 4.78 is 10.9. The van der Waals surface area contributed by atoms with Crippen LogP contribution in [0.25, 0.3) is 0 Å². The van der Waals surface area contributed by atoms with E-state index in [2.05, 4.69) is 36.5 Å². The molecule has 94 valence electrons. The maximum atomic E-state index is 5.77. The van der Waals surface area contributed by atoms with E-state index < -0.39 is 0 Å². The molecule has 2 rings (SSSR count). The fraction of sp³-hybridized carbons (Fsp3) is 0.571. The minimum atomic E-state index is 0.357. The zero-order chi connectivity index (χ0) is 12.1. The van der Waals surface area contributed by atoms with Crippen LogP contribution in [0.15, 0.2) is 24.3 Å². The molecule has 3 heteroatoms. The molecule has 1 heterocycles. The summed E-state index contributed by atoms with van der Waals surface area (Å²) in [5, 5.41) is 3.43. The van der Waals surface area contributed by atoms with Gasteiger partial charge < -0.3 is 14.8 Å². The summed E-state index contributed by atoms with van der Waals surface area (Å²) in [7, 11) is 1.72. The number of ether oxygens (including phenoxy) is 2. The Bertz CT molecular complexity index is 354. The molecule has 17 heavy (non-hydrogen) atoms. The number of rotatable bonds is 5. The lowest BCUT2D eigenvalue weighted by Crippen LogP contribution is -2.19. The van der Waals surface area contributed by atoms with E-state index in [0.29, 0.717) is 18.8 Å². The molecule has 1 aliphatic heterocycles. The smallest absolute Gasteiger partial charge is 0.0751 e. The molecular weight excluding hydrogens is 214 g/mol. The SMILES string of the molecule is COCc1cccc(NCC2CCC(C)O2)c1. The van der Waals surface area contributed by atoms with Gasteiger partial charge in [0, 0.05) is 19.3 Å². The Hall–Kier alpha value is -1.06. The summed E-state index contributed by atoms with van der Waals surface area (Å²) >= 11 is 0. The third-order valence-electron chi connectivity index (χ3n) is 3.09. The van der Waals surface area contributed by atoms with E-state index in [1.54, 1.807) is 7.11 Å². The first-order chi connectivity index (χ1) is 8.28. The first-order valence-corrected chi connectivity index (χ1v) is 6.25. The summed E-state index contributed by atoms with van der Waals surface area (Å²) in [4.78, 5) is 0. The standard InChI is InChI=1S/C14H21NO2/c1-11-6-7-14(17-11)9-15-13-5-3-4-12(8-13)10-16-2/h3-5,8,11,14-15H,6-7,9-10H2,1-2H3. The molecule has 0 spiro atoms. The largest absolute Gasteiger partial charge is 0.382 e. The van der Waals surface area contributed by atoms with E-state index in [1.807, 2.05) is 0 Å². The van der Waals surface area contributed by atoms with Crippen LogP contribution in [-0.2, 0) is 16.1 Å². The quantitative estimate of drug-likeness (QED) is 0.851. The van der Waals surface area contributed by atoms with Crippen molar-refractivity contribution >= 4 is 5.69 Å². The predicted molar refractivity (Wildman–Crippen MR) is 69.2 cm³/mol. The van der Waals surface area contributed by atoms with Crippen LogP contribution in [-0.4, -0.2) is 25.9 Å². The van der Waals surface area contributed by atoms with Crippen LogP contribution in [0, 0.1) is 0 Å². The molecular formula is C14H21NO2. The number of methoxy groups -OCH3 is 1. The van der Waals surface area contributed by atoms with Crippen LogP contribution in [0.3, 0.4) is 0 Å². The number of benzene rings is 1. The van der Waals surface area contributed by atoms with Crippen molar-refractivity contribution in [3.63, 3.8) is 0 Å². The van der Waals surface area contributed by atoms with Gasteiger partial charge in [0.2, 0.25) is 0 Å². The number of anilines is 1. The molecule has 1 saturated heterocycles. The molecule has 0 radical (unpaired) electrons. The molecule has 2 atom stereocenters. The lowest BCUT2D eigenvalue weighted by Gasteiger charge is -2.13. The van der Waals surface area contributed by atoms with Crippen molar-refractivity contribution in [1.29, 1.82) is 0 Å². The van der Waals surface area contributed by atoms with Gasteiger partial charge in [-0.1, -0.05) is 12.1 Å². The maximum Gasteiger partial charge on any atom is 0.0751 e. The van der Waals surface area contributed by atoms with Gasteiger partial charge in [-0.2, -0.15) is 0 Å². The lowest BCUT2D eigenvalue weighted by molar-refractivity contribution is 0.0637. The maximum absolute atomic E-state index is 5.77. The zero-order valence-electron chi connectivity index (χ0n) is 10.6. The molecule has 1 aromatic carbocycles. The first kappa shape index (κ1) is 12.4. The van der Waals surface area contributed by atoms with E-state index in [-0.39, 0.29) is 0 Å². The van der Waals surface area contributed by atoms with Gasteiger partial charge >= 0.3 is 0 Å². The highest BCUT2D eigenvalue weighted by Crippen LogP contribution is 2.20. The van der Waals surface area contributed by atoms with Crippen LogP contribution in [0.5, 0.6) is 0 Å². The van der Waals surface area contributed by atoms with Crippen molar-refractivity contribution in [2.75, 3.05) is 19.0 Å². The van der Waals surface area contributed by atoms with Crippen molar-refractivity contribution in [2.24, 2.45) is 0 Å². The predicted octanol–water partition coefficient (Wildman–Crippen LogP) is 2.81. The van der Waals surface area contributed by atoms with E-state index in [0.717, 1.165) is 18.7 Å². The second kappa shape index (κ2) is 6.03. The summed E-state index contributed by atoms with van der Waals surface area (Å²) in [6.07, 6.45) is 3.11. The highest BCUT2D eigenvalue weighted by Gasteiger charge is 2.21. The molecule has 1 aliphatic rings. The van der Waals surface area contributed by atoms with Crippen molar-refractivity contribution < 1.29 is 9.47 Å². The molecule has 1 N–H and O–H groups in total. The van der Waals surface area contributed by atoms with Gasteiger partial charge in [0.25, 0.3) is 0 Å². The van der Waals surface area contributed by atoms with E-state index in [1.165, 1.54) is 12.0 Å². The molecule has 2 unspecified atom stereocenters. The molecule has 0 amide bonds. The highest BCUT2D eigenvalue weighted by atomic mass is 16.5. The topological polar surface area (TPSA) is 30.5 Å². The van der Waals surface area contributed by atoms with Gasteiger partial charge in [-0.25, -0.2) is 0 Å². The summed E-state index contributed by atoms with van der Waals surface area (Å²) in [5.74, 6) is 0. The fourth-order valence-corrected chi connectivity index (χ4v) is 2.20. The monoisotopic (exact) mass is 235 g/mol. The molecule has 1 aromatic rings. The molecule has 0 bridgehead atoms. The Morgan fingerprint density at radius 3 is 3.00 bits per heavy atom. The summed E-state index contributed by atoms with van der Waals surface area (Å²) in [5.41, 5.74) is 2.33. The summed E-state index contributed by atoms with van der Waals surface area (Å²) in [6, 6.07) is 8.33. The molecule has 1 fully saturated rings. The van der Waals surface area contributed by atoms with Crippen molar-refractivity contribution in [1.82, 2.24) is 0 Å². The zero-order valence-corrected chi connectivity index (χ0v) is 10.6. The number of nitrogens with one attached hydrogen (secondary N) is 1. The Kier molecular flexibility index (Phi) is 4.40. The van der Waals surface area contributed by atoms with Crippen LogP contribution in [0.1, 0.15) is 25.3 Å². The van der Waals surface area contributed by atoms with Gasteiger partial charge in [0.05, 0.1) is 18.8 Å². The Labute approximate surface area is 103 Å². The van der Waals surface area contributed by atoms with Crippen molar-refractivity contribution in [2.45, 2.75) is 38.6 Å². The molecule has 3 nitrogen and oxygen atoms in total. The van der Waals surface area contributed by atoms with Gasteiger partial charge in [0.1, 0.15) is 0 Å². The lowest BCUT2D eigenvalue weighted by atomic mass is 10.2. The Balaban J connectivity index is 1.83. The highest BCUT2D eigenvalue weighted by molar-refractivity contribution is 5.45. The minimum Gasteiger partial charge on any atom is -0.382 e. The van der Waals surface area contributed by atoms with Gasteiger partial charge in [-0.05, 0) is 37.5 Å². The van der Waals surface area contributed by atoms with Crippen LogP contribution >= 0.6 is 0 Å². The number of hydrogen-bond acceptors (Lipinski definition) is 3. The molecule has 0 aromatic heterocycles. The third-order valence-corrected chi connectivity index (χ3v) is 3.09. The van der Waals surface area contributed by atoms with Crippen LogP contribution in [0.4, 0.5) is 5.69 Å². The molecule has 0 aliphatic carbocycles. The van der Waals surface area contributed by atoms with Crippen molar-refractivity contribution in [3.05, 3.63) is 29.8 Å². The first-order valence-electron chi connectivity index (χ1n) is 6.25. The normalized spacial score (nSPS) is 23.9. The van der Waals surface area contributed by atoms with E-state index in [4.69, 9.17) is 9.47 Å².